The molecule has 0 spiro atoms. The molecule has 0 bridgehead atoms. The van der Waals surface area contributed by atoms with Gasteiger partial charge < -0.3 is 76.3 Å². The lowest BCUT2D eigenvalue weighted by Crippen LogP contribution is -2.43. The van der Waals surface area contributed by atoms with Gasteiger partial charge in [0.25, 0.3) is 17.7 Å². The number of aliphatic hydroxyl groups excluding tert-OH is 7. The fourth-order valence-electron chi connectivity index (χ4n) is 12.4. The number of hydrogen-bond acceptors (Lipinski definition) is 23. The summed E-state index contributed by atoms with van der Waals surface area (Å²) in [7, 11) is -4.54. The van der Waals surface area contributed by atoms with Gasteiger partial charge in [-0.2, -0.15) is 0 Å². The van der Waals surface area contributed by atoms with Crippen molar-refractivity contribution in [2.24, 2.45) is 0 Å². The van der Waals surface area contributed by atoms with E-state index in [4.69, 9.17) is 15.1 Å². The van der Waals surface area contributed by atoms with Gasteiger partial charge >= 0.3 is 11.9 Å². The maximum Gasteiger partial charge on any atom is 0.328 e. The highest BCUT2D eigenvalue weighted by molar-refractivity contribution is 7.50. The molecule has 0 aliphatic carbocycles. The molecule has 3 unspecified atom stereocenters. The van der Waals surface area contributed by atoms with Crippen LogP contribution in [-0.4, -0.2) is 343 Å². The van der Waals surface area contributed by atoms with E-state index in [1.54, 1.807) is 77.9 Å². The van der Waals surface area contributed by atoms with Gasteiger partial charge in [-0.3, -0.25) is 58.5 Å². The van der Waals surface area contributed by atoms with Gasteiger partial charge in [-0.15, -0.1) is 0 Å². The topological polar surface area (TPSA) is 393 Å². The minimum atomic E-state index is -4.54. The molecular formula is C73H116N12O17P-. The number of β-amino-alcohol motifs (C(OH)–C–C–N with tert-alkyl or cyclic N) is 6. The van der Waals surface area contributed by atoms with Crippen molar-refractivity contribution in [1.29, 1.82) is 0 Å². The minimum Gasteiger partial charge on any atom is -0.777 e. The van der Waals surface area contributed by atoms with Crippen molar-refractivity contribution < 1.29 is 84.3 Å². The Hall–Kier alpha value is -6.26. The Morgan fingerprint density at radius 2 is 0.621 bits per heavy atom. The largest absolute Gasteiger partial charge is 0.777 e. The molecule has 3 amide bonds. The molecule has 576 valence electrons. The van der Waals surface area contributed by atoms with Gasteiger partial charge in [0.05, 0.1) is 49.5 Å². The number of carbonyl (C=O) groups is 5. The molecule has 9 atom stereocenters. The van der Waals surface area contributed by atoms with Crippen molar-refractivity contribution in [3.8, 4) is 0 Å². The fourth-order valence-corrected chi connectivity index (χ4v) is 12.8. The average Bonchev–Trinajstić information content (AvgIpc) is 1.83. The second kappa shape index (κ2) is 46.0. The third-order valence-corrected chi connectivity index (χ3v) is 18.3. The van der Waals surface area contributed by atoms with Gasteiger partial charge in [0.2, 0.25) is 0 Å². The zero-order valence-corrected chi connectivity index (χ0v) is 61.8. The first kappa shape index (κ1) is 87.4. The average molecular weight is 1460 g/mol. The summed E-state index contributed by atoms with van der Waals surface area (Å²) >= 11 is 0. The summed E-state index contributed by atoms with van der Waals surface area (Å²) in [6.45, 7) is 30.8. The Kier molecular flexibility index (Phi) is 39.0. The molecule has 3 heterocycles. The summed E-state index contributed by atoms with van der Waals surface area (Å²) in [5, 5.41) is 93.9. The Morgan fingerprint density at radius 1 is 0.379 bits per heavy atom. The van der Waals surface area contributed by atoms with Crippen molar-refractivity contribution in [2.45, 2.75) is 116 Å². The highest BCUT2D eigenvalue weighted by Crippen LogP contribution is 2.26. The Bertz CT molecular complexity index is 3090. The van der Waals surface area contributed by atoms with Crippen molar-refractivity contribution >= 4 is 37.3 Å². The fraction of sp³-hybridized carbons (Fsp3) is 0.603. The molecule has 29 nitrogen and oxygen atoms in total. The van der Waals surface area contributed by atoms with Gasteiger partial charge in [0.15, 0.2) is 13.6 Å². The summed E-state index contributed by atoms with van der Waals surface area (Å²) in [5.41, 5.74) is 5.01. The first-order chi connectivity index (χ1) is 48.9. The molecule has 3 aliphatic heterocycles. The Balaban J connectivity index is 0.000000279. The van der Waals surface area contributed by atoms with E-state index in [9.17, 15) is 69.2 Å². The van der Waals surface area contributed by atoms with Crippen LogP contribution in [0.1, 0.15) is 94.9 Å². The van der Waals surface area contributed by atoms with Crippen LogP contribution in [0.2, 0.25) is 0 Å². The van der Waals surface area contributed by atoms with E-state index in [2.05, 4.69) is 60.0 Å². The summed E-state index contributed by atoms with van der Waals surface area (Å²) in [6.07, 6.45) is -3.02. The molecule has 4 aromatic rings. The highest BCUT2D eigenvalue weighted by Gasteiger charge is 2.26. The molecule has 0 radical (unpaired) electrons. The van der Waals surface area contributed by atoms with Crippen LogP contribution in [0, 0.1) is 0 Å². The van der Waals surface area contributed by atoms with Crippen molar-refractivity contribution in [1.82, 2.24) is 60.0 Å². The molecular weight excluding hydrogens is 1350 g/mol. The molecule has 0 saturated carbocycles. The molecule has 7 rings (SSSR count). The molecule has 4 aromatic carbocycles. The summed E-state index contributed by atoms with van der Waals surface area (Å²) in [5.74, 6) is -3.88. The smallest absolute Gasteiger partial charge is 0.328 e. The third kappa shape index (κ3) is 36.1. The summed E-state index contributed by atoms with van der Waals surface area (Å²) < 4.78 is 10.8. The van der Waals surface area contributed by atoms with Gasteiger partial charge in [0, 0.05) is 200 Å². The lowest BCUT2D eigenvalue weighted by molar-refractivity contribution is -0.193. The monoisotopic (exact) mass is 1460 g/mol. The maximum atomic E-state index is 12.8. The number of hydrogen-bond donors (Lipinski definition) is 13. The van der Waals surface area contributed by atoms with Gasteiger partial charge in [0.1, 0.15) is 6.04 Å². The van der Waals surface area contributed by atoms with Crippen LogP contribution in [-0.2, 0) is 40.2 Å². The third-order valence-electron chi connectivity index (χ3n) is 17.7. The predicted molar refractivity (Wildman–Crippen MR) is 391 cm³/mol. The standard InChI is InChI=1S/C29H42N4O5.C23H38N4O6.C21H37N4O6P/c1-22(34)19-31-12-13-32(20-23(2)35)15-17-33(16-14-31)21-25-8-10-26(11-9-25)28(36)30-27(29(37)38)18-24-6-4-3-5-7-24;1-17(29)13-25-7-8-26(14-18(2)30)10-12-27(11-9-25)15-19-3-5-20(6-4-19)22(31)24-21(16-28)23(32)33;1-17(26)13-23-7-8-24(14-18(2)27)10-12-25(11-9-23)15-19-3-5-20(6-4-19)21(28)22-16-32(29,30)31/h3-11,22-23,27,34-35H,12-21H2,1-2H3,(H,30,36)(H,37,38);3-6,17-18,21,28-30H,7-16H2,1-2H3,(H,24,31)(H,32,33);3-6,17-18,26-27H,7-16H2,1-2H3,(H,22,28)(H2,29,30,31)/p-1/t22-,23-,27?;17-,18-,21?;17-,18-/m000/s1. The number of nitrogens with zero attached hydrogens (tertiary/aromatic N) is 9. The highest BCUT2D eigenvalue weighted by atomic mass is 31.2. The van der Waals surface area contributed by atoms with Gasteiger partial charge in [-0.25, -0.2) is 9.59 Å². The molecule has 30 heteroatoms. The zero-order valence-electron chi connectivity index (χ0n) is 60.9. The van der Waals surface area contributed by atoms with Crippen molar-refractivity contribution in [2.75, 3.05) is 170 Å². The number of carboxylic acids is 2. The van der Waals surface area contributed by atoms with Crippen LogP contribution in [0.4, 0.5) is 0 Å². The predicted octanol–water partition coefficient (Wildman–Crippen LogP) is -0.563. The quantitative estimate of drug-likeness (QED) is 0.0291. The van der Waals surface area contributed by atoms with Crippen LogP contribution in [0.25, 0.3) is 0 Å². The second-order valence-corrected chi connectivity index (χ2v) is 29.3. The number of rotatable bonds is 30. The number of aliphatic carboxylic acids is 2. The van der Waals surface area contributed by atoms with E-state index in [0.717, 1.165) is 140 Å². The van der Waals surface area contributed by atoms with E-state index in [0.29, 0.717) is 75.6 Å². The first-order valence-electron chi connectivity index (χ1n) is 35.8. The second-order valence-electron chi connectivity index (χ2n) is 27.7. The zero-order chi connectivity index (χ0) is 75.6. The number of aliphatic hydroxyl groups is 7. The van der Waals surface area contributed by atoms with Crippen LogP contribution in [0.15, 0.2) is 103 Å². The number of carbonyl (C=O) groups excluding carboxylic acids is 3. The van der Waals surface area contributed by atoms with E-state index in [1.807, 2.05) is 66.7 Å². The van der Waals surface area contributed by atoms with Crippen LogP contribution < -0.4 is 20.8 Å². The molecule has 13 N–H and O–H groups in total. The molecule has 3 saturated heterocycles. The SMILES string of the molecule is C[C@H](O)CN1CCN(Cc2ccc(C(=O)NC(CO)C(=O)O)cc2)CCN(C[C@H](C)O)CC1.C[C@H](O)CN1CCN(Cc2ccc(C(=O)NC(Cc3ccccc3)C(=O)O)cc2)CCN(C[C@H](C)O)CC1.C[C@H](O)CN1CCN(Cc2ccc(C(=O)NCP(=O)([O-])O)cc2)CCN(C[C@H](C)O)CC1. The van der Waals surface area contributed by atoms with E-state index in [1.165, 1.54) is 0 Å². The number of amides is 3. The van der Waals surface area contributed by atoms with E-state index >= 15 is 0 Å². The number of benzene rings is 4. The maximum absolute atomic E-state index is 12.8. The molecule has 0 aromatic heterocycles. The molecule has 3 aliphatic rings. The number of nitrogens with one attached hydrogen (secondary N) is 3. The van der Waals surface area contributed by atoms with E-state index < -0.39 is 98.9 Å². The first-order valence-corrected chi connectivity index (χ1v) is 37.5. The van der Waals surface area contributed by atoms with Gasteiger partial charge in [-0.05, 0) is 100 Å². The van der Waals surface area contributed by atoms with Crippen LogP contribution in [0.5, 0.6) is 0 Å². The Labute approximate surface area is 607 Å². The minimum absolute atomic E-state index is 0.215. The van der Waals surface area contributed by atoms with E-state index in [-0.39, 0.29) is 6.42 Å². The van der Waals surface area contributed by atoms with Crippen LogP contribution in [0.3, 0.4) is 0 Å². The van der Waals surface area contributed by atoms with Crippen molar-refractivity contribution in [3.05, 3.63) is 142 Å². The molecule has 3 fully saturated rings. The summed E-state index contributed by atoms with van der Waals surface area (Å²) in [4.78, 5) is 99.8. The molecule has 103 heavy (non-hydrogen) atoms. The van der Waals surface area contributed by atoms with Gasteiger partial charge in [-0.1, -0.05) is 66.7 Å². The van der Waals surface area contributed by atoms with Crippen LogP contribution >= 0.6 is 7.60 Å². The lowest BCUT2D eigenvalue weighted by Gasteiger charge is -2.27. The number of carboxylic acid groups (broad SMARTS) is 2. The lowest BCUT2D eigenvalue weighted by atomic mass is 10.1. The van der Waals surface area contributed by atoms with Crippen molar-refractivity contribution in [3.63, 3.8) is 0 Å². The summed E-state index contributed by atoms with van der Waals surface area (Å²) in [6, 6.07) is 28.1. The normalized spacial score (nSPS) is 19.7. The Morgan fingerprint density at radius 3 is 0.854 bits per heavy atom.